The number of fused-ring (bicyclic) bond motifs is 1. The van der Waals surface area contributed by atoms with E-state index in [4.69, 9.17) is 9.72 Å². The molecule has 0 bridgehead atoms. The Morgan fingerprint density at radius 1 is 1.22 bits per heavy atom. The number of imidazole rings is 1. The number of ether oxygens (including phenoxy) is 1. The van der Waals surface area contributed by atoms with Crippen molar-refractivity contribution in [3.63, 3.8) is 0 Å². The van der Waals surface area contributed by atoms with Gasteiger partial charge in [-0.2, -0.15) is 0 Å². The van der Waals surface area contributed by atoms with Crippen LogP contribution in [-0.4, -0.2) is 33.6 Å². The minimum atomic E-state index is -0.347. The number of aromatic nitrogens is 3. The molecule has 2 aromatic heterocycles. The van der Waals surface area contributed by atoms with Gasteiger partial charge in [-0.3, -0.25) is 9.69 Å². The highest BCUT2D eigenvalue weighted by Crippen LogP contribution is 2.32. The second-order valence-corrected chi connectivity index (χ2v) is 8.35. The lowest BCUT2D eigenvalue weighted by Gasteiger charge is -2.20. The van der Waals surface area contributed by atoms with Gasteiger partial charge in [-0.25, -0.2) is 14.4 Å². The molecule has 0 atom stereocenters. The van der Waals surface area contributed by atoms with Gasteiger partial charge in [0, 0.05) is 25.5 Å². The molecule has 0 radical (unpaired) electrons. The molecule has 6 nitrogen and oxygen atoms in total. The van der Waals surface area contributed by atoms with Gasteiger partial charge in [0.2, 0.25) is 0 Å². The number of thiazole rings is 1. The molecule has 2 aromatic carbocycles. The number of hydrogen-bond donors (Lipinski definition) is 0. The van der Waals surface area contributed by atoms with Crippen molar-refractivity contribution in [3.8, 4) is 5.75 Å². The fraction of sp³-hybridized carbons (Fsp3) is 0.261. The average molecular weight is 475 g/mol. The van der Waals surface area contributed by atoms with Crippen LogP contribution in [0.2, 0.25) is 0 Å². The predicted octanol–water partition coefficient (Wildman–Crippen LogP) is 5.17. The van der Waals surface area contributed by atoms with Crippen molar-refractivity contribution in [2.75, 3.05) is 18.1 Å². The molecule has 0 aliphatic heterocycles. The number of anilines is 1. The first-order valence-corrected chi connectivity index (χ1v) is 10.8. The molecule has 0 fully saturated rings. The van der Waals surface area contributed by atoms with E-state index in [0.29, 0.717) is 17.4 Å². The number of amides is 1. The number of hydrogen-bond acceptors (Lipinski definition) is 5. The molecule has 4 rings (SSSR count). The van der Waals surface area contributed by atoms with Gasteiger partial charge in [-0.15, -0.1) is 12.4 Å². The monoisotopic (exact) mass is 474 g/mol. The summed E-state index contributed by atoms with van der Waals surface area (Å²) in [5.41, 5.74) is 3.18. The zero-order valence-corrected chi connectivity index (χ0v) is 19.5. The van der Waals surface area contributed by atoms with E-state index in [2.05, 4.69) is 18.0 Å². The van der Waals surface area contributed by atoms with Crippen LogP contribution >= 0.6 is 23.7 Å². The van der Waals surface area contributed by atoms with Crippen molar-refractivity contribution in [2.24, 2.45) is 0 Å². The third kappa shape index (κ3) is 5.63. The molecule has 0 saturated heterocycles. The fourth-order valence-electron chi connectivity index (χ4n) is 3.39. The van der Waals surface area contributed by atoms with Gasteiger partial charge < -0.3 is 9.30 Å². The molecule has 9 heteroatoms. The van der Waals surface area contributed by atoms with E-state index >= 15 is 0 Å². The molecule has 0 saturated carbocycles. The quantitative estimate of drug-likeness (QED) is 0.353. The molecule has 1 amide bonds. The Morgan fingerprint density at radius 2 is 2.00 bits per heavy atom. The van der Waals surface area contributed by atoms with E-state index in [1.54, 1.807) is 17.4 Å². The summed E-state index contributed by atoms with van der Waals surface area (Å²) in [6, 6.07) is 9.78. The summed E-state index contributed by atoms with van der Waals surface area (Å²) in [6.45, 7) is 5.19. The van der Waals surface area contributed by atoms with E-state index in [9.17, 15) is 9.18 Å². The number of halogens is 2. The molecular weight excluding hydrogens is 451 g/mol. The Bertz CT molecular complexity index is 1180. The number of carbonyl (C=O) groups is 1. The number of carbonyl (C=O) groups excluding carboxylic acids is 1. The molecule has 32 heavy (non-hydrogen) atoms. The minimum absolute atomic E-state index is 0. The van der Waals surface area contributed by atoms with Gasteiger partial charge in [0.15, 0.2) is 11.7 Å². The van der Waals surface area contributed by atoms with Crippen LogP contribution in [0.1, 0.15) is 17.5 Å². The van der Waals surface area contributed by atoms with Crippen molar-refractivity contribution in [2.45, 2.75) is 26.8 Å². The van der Waals surface area contributed by atoms with Crippen LogP contribution in [-0.2, 0) is 11.3 Å². The summed E-state index contributed by atoms with van der Waals surface area (Å²) in [4.78, 5) is 23.6. The molecule has 4 aromatic rings. The second-order valence-electron chi connectivity index (χ2n) is 7.37. The first kappa shape index (κ1) is 23.7. The molecule has 168 valence electrons. The van der Waals surface area contributed by atoms with Gasteiger partial charge in [-0.1, -0.05) is 17.4 Å². The summed E-state index contributed by atoms with van der Waals surface area (Å²) >= 11 is 1.51. The van der Waals surface area contributed by atoms with E-state index < -0.39 is 0 Å². The van der Waals surface area contributed by atoms with Crippen molar-refractivity contribution < 1.29 is 13.9 Å². The number of rotatable bonds is 8. The van der Waals surface area contributed by atoms with Crippen LogP contribution in [0.15, 0.2) is 55.1 Å². The molecule has 0 aliphatic rings. The van der Waals surface area contributed by atoms with Crippen LogP contribution in [0, 0.1) is 19.7 Å². The lowest BCUT2D eigenvalue weighted by molar-refractivity contribution is -0.120. The minimum Gasteiger partial charge on any atom is -0.484 e. The number of aryl methyl sites for hydroxylation is 3. The summed E-state index contributed by atoms with van der Waals surface area (Å²) in [7, 11) is 0. The number of benzene rings is 2. The standard InChI is InChI=1S/C23H23FN4O2S.ClH/c1-16-12-17(2)22-20(13-16)26-23(31-22)28(10-3-9-27-11-8-25-15-27)21(29)14-30-19-6-4-18(24)5-7-19;/h4-8,11-13,15H,3,9-10,14H2,1-2H3;1H. The van der Waals surface area contributed by atoms with Crippen LogP contribution in [0.25, 0.3) is 10.2 Å². The largest absolute Gasteiger partial charge is 0.484 e. The smallest absolute Gasteiger partial charge is 0.266 e. The SMILES string of the molecule is Cc1cc(C)c2sc(N(CCCn3ccnc3)C(=O)COc3ccc(F)cc3)nc2c1.Cl. The van der Waals surface area contributed by atoms with Crippen LogP contribution in [0.3, 0.4) is 0 Å². The molecule has 0 unspecified atom stereocenters. The topological polar surface area (TPSA) is 60.2 Å². The zero-order chi connectivity index (χ0) is 21.8. The van der Waals surface area contributed by atoms with Crippen molar-refractivity contribution in [1.29, 1.82) is 0 Å². The molecule has 0 N–H and O–H groups in total. The first-order valence-electron chi connectivity index (χ1n) is 10.0. The summed E-state index contributed by atoms with van der Waals surface area (Å²) in [5.74, 6) is -0.0905. The third-order valence-electron chi connectivity index (χ3n) is 4.87. The van der Waals surface area contributed by atoms with Gasteiger partial charge in [0.25, 0.3) is 5.91 Å². The lowest BCUT2D eigenvalue weighted by Crippen LogP contribution is -2.36. The van der Waals surface area contributed by atoms with Crippen molar-refractivity contribution in [3.05, 3.63) is 72.1 Å². The predicted molar refractivity (Wildman–Crippen MR) is 127 cm³/mol. The Balaban J connectivity index is 0.00000289. The zero-order valence-electron chi connectivity index (χ0n) is 17.8. The second kappa shape index (κ2) is 10.6. The van der Waals surface area contributed by atoms with E-state index in [0.717, 1.165) is 34.3 Å². The highest BCUT2D eigenvalue weighted by molar-refractivity contribution is 7.22. The van der Waals surface area contributed by atoms with Crippen LogP contribution in [0.5, 0.6) is 5.75 Å². The third-order valence-corrected chi connectivity index (χ3v) is 6.10. The van der Waals surface area contributed by atoms with Crippen LogP contribution in [0.4, 0.5) is 9.52 Å². The molecular formula is C23H24ClFN4O2S. The van der Waals surface area contributed by atoms with Crippen molar-refractivity contribution in [1.82, 2.24) is 14.5 Å². The van der Waals surface area contributed by atoms with E-state index in [-0.39, 0.29) is 30.7 Å². The average Bonchev–Trinajstić information content (AvgIpc) is 3.40. The molecule has 0 spiro atoms. The molecule has 0 aliphatic carbocycles. The van der Waals surface area contributed by atoms with Gasteiger partial charge in [-0.05, 0) is 61.7 Å². The van der Waals surface area contributed by atoms with Gasteiger partial charge in [0.1, 0.15) is 11.6 Å². The Morgan fingerprint density at radius 3 is 2.72 bits per heavy atom. The Kier molecular flexibility index (Phi) is 7.82. The highest BCUT2D eigenvalue weighted by atomic mass is 35.5. The maximum atomic E-state index is 13.1. The normalized spacial score (nSPS) is 10.7. The lowest BCUT2D eigenvalue weighted by atomic mass is 10.1. The van der Waals surface area contributed by atoms with Gasteiger partial charge >= 0.3 is 0 Å². The van der Waals surface area contributed by atoms with E-state index in [1.165, 1.54) is 35.6 Å². The number of nitrogens with zero attached hydrogens (tertiary/aromatic N) is 4. The Labute approximate surface area is 196 Å². The summed E-state index contributed by atoms with van der Waals surface area (Å²) in [6.07, 6.45) is 6.13. The maximum Gasteiger partial charge on any atom is 0.266 e. The maximum absolute atomic E-state index is 13.1. The summed E-state index contributed by atoms with van der Waals surface area (Å²) in [5, 5.41) is 0.655. The fourth-order valence-corrected chi connectivity index (χ4v) is 4.45. The highest BCUT2D eigenvalue weighted by Gasteiger charge is 2.21. The summed E-state index contributed by atoms with van der Waals surface area (Å²) < 4.78 is 21.8. The Hall–Kier alpha value is -2.97. The van der Waals surface area contributed by atoms with Crippen molar-refractivity contribution >= 4 is 45.0 Å². The van der Waals surface area contributed by atoms with Crippen LogP contribution < -0.4 is 9.64 Å². The van der Waals surface area contributed by atoms with Gasteiger partial charge in [0.05, 0.1) is 16.5 Å². The first-order chi connectivity index (χ1) is 15.0. The van der Waals surface area contributed by atoms with E-state index in [1.807, 2.05) is 23.8 Å². The molecule has 2 heterocycles.